The molecule has 0 unspecified atom stereocenters. The normalized spacial score (nSPS) is 12.0. The van der Waals surface area contributed by atoms with E-state index >= 15 is 0 Å². The minimum Gasteiger partial charge on any atom is -0.411 e. The van der Waals surface area contributed by atoms with Crippen molar-refractivity contribution >= 4 is 5.71 Å². The molecule has 0 amide bonds. The highest BCUT2D eigenvalue weighted by Crippen LogP contribution is 1.85. The molecule has 1 aromatic rings. The molecule has 1 N–H and O–H groups in total. The third kappa shape index (κ3) is 2.07. The highest BCUT2D eigenvalue weighted by atomic mass is 16.4. The molecule has 4 nitrogen and oxygen atoms in total. The Hall–Kier alpha value is -1.32. The first-order chi connectivity index (χ1) is 5.22. The van der Waals surface area contributed by atoms with Crippen molar-refractivity contribution in [3.63, 3.8) is 0 Å². The maximum absolute atomic E-state index is 8.37. The fourth-order valence-corrected chi connectivity index (χ4v) is 0.891. The predicted molar refractivity (Wildman–Crippen MR) is 40.5 cm³/mol. The second-order valence-electron chi connectivity index (χ2n) is 2.59. The molecule has 4 heteroatoms. The topological polar surface area (TPSA) is 41.4 Å². The maximum Gasteiger partial charge on any atom is 0.243 e. The zero-order valence-corrected chi connectivity index (χ0v) is 6.73. The van der Waals surface area contributed by atoms with Crippen LogP contribution in [0.2, 0.25) is 0 Å². The van der Waals surface area contributed by atoms with E-state index in [1.807, 2.05) is 34.9 Å². The van der Waals surface area contributed by atoms with Crippen LogP contribution in [0, 0.1) is 0 Å². The van der Waals surface area contributed by atoms with Gasteiger partial charge in [0.1, 0.15) is 18.9 Å². The molecular weight excluding hydrogens is 142 g/mol. The van der Waals surface area contributed by atoms with Crippen LogP contribution in [0.5, 0.6) is 0 Å². The van der Waals surface area contributed by atoms with Crippen molar-refractivity contribution in [3.05, 3.63) is 18.7 Å². The van der Waals surface area contributed by atoms with Crippen molar-refractivity contribution in [2.45, 2.75) is 13.5 Å². The van der Waals surface area contributed by atoms with Gasteiger partial charge in [0.15, 0.2) is 0 Å². The van der Waals surface area contributed by atoms with Crippen molar-refractivity contribution in [1.82, 2.24) is 4.57 Å². The number of nitrogens with zero attached hydrogens (tertiary/aromatic N) is 3. The molecule has 0 spiro atoms. The van der Waals surface area contributed by atoms with Gasteiger partial charge in [-0.05, 0) is 6.92 Å². The minimum absolute atomic E-state index is 0.636. The third-order valence-electron chi connectivity index (χ3n) is 1.41. The lowest BCUT2D eigenvalue weighted by Crippen LogP contribution is -2.24. The highest BCUT2D eigenvalue weighted by Gasteiger charge is 2.00. The molecule has 11 heavy (non-hydrogen) atoms. The second kappa shape index (κ2) is 3.18. The Bertz CT molecular complexity index is 264. The number of aryl methyl sites for hydroxylation is 1. The fraction of sp³-hybridized carbons (Fsp3) is 0.429. The van der Waals surface area contributed by atoms with Gasteiger partial charge < -0.3 is 5.21 Å². The van der Waals surface area contributed by atoms with Crippen LogP contribution in [-0.2, 0) is 13.6 Å². The summed E-state index contributed by atoms with van der Waals surface area (Å²) in [5.74, 6) is 0. The van der Waals surface area contributed by atoms with Crippen LogP contribution < -0.4 is 4.57 Å². The molecule has 1 heterocycles. The zero-order chi connectivity index (χ0) is 8.27. The van der Waals surface area contributed by atoms with Gasteiger partial charge in [0.05, 0.1) is 12.8 Å². The lowest BCUT2D eigenvalue weighted by molar-refractivity contribution is -0.671. The molecule has 0 radical (unpaired) electrons. The number of hydrogen-bond acceptors (Lipinski definition) is 2. The zero-order valence-electron chi connectivity index (χ0n) is 6.73. The Kier molecular flexibility index (Phi) is 2.25. The summed E-state index contributed by atoms with van der Waals surface area (Å²) in [4.78, 5) is 0. The van der Waals surface area contributed by atoms with Crippen LogP contribution in [0.25, 0.3) is 0 Å². The van der Waals surface area contributed by atoms with Crippen LogP contribution in [-0.4, -0.2) is 15.5 Å². The number of rotatable bonds is 2. The third-order valence-corrected chi connectivity index (χ3v) is 1.41. The summed E-state index contributed by atoms with van der Waals surface area (Å²) in [6, 6.07) is 0. The number of aromatic nitrogens is 2. The summed E-state index contributed by atoms with van der Waals surface area (Å²) in [5, 5.41) is 11.5. The Morgan fingerprint density at radius 2 is 2.45 bits per heavy atom. The van der Waals surface area contributed by atoms with Crippen LogP contribution in [0.3, 0.4) is 0 Å². The number of hydrogen-bond donors (Lipinski definition) is 1. The molecule has 0 atom stereocenters. The van der Waals surface area contributed by atoms with E-state index in [0.29, 0.717) is 12.3 Å². The van der Waals surface area contributed by atoms with Crippen molar-refractivity contribution in [3.8, 4) is 0 Å². The van der Waals surface area contributed by atoms with E-state index in [9.17, 15) is 0 Å². The molecule has 0 bridgehead atoms. The van der Waals surface area contributed by atoms with Gasteiger partial charge in [-0.1, -0.05) is 5.16 Å². The van der Waals surface area contributed by atoms with Gasteiger partial charge in [-0.15, -0.1) is 0 Å². The van der Waals surface area contributed by atoms with E-state index < -0.39 is 0 Å². The van der Waals surface area contributed by atoms with Gasteiger partial charge in [-0.2, -0.15) is 0 Å². The molecule has 0 aliphatic carbocycles. The van der Waals surface area contributed by atoms with Crippen molar-refractivity contribution < 1.29 is 9.77 Å². The molecule has 0 fully saturated rings. The van der Waals surface area contributed by atoms with Crippen LogP contribution in [0.1, 0.15) is 6.92 Å². The molecule has 1 aromatic heterocycles. The smallest absolute Gasteiger partial charge is 0.243 e. The monoisotopic (exact) mass is 154 g/mol. The first-order valence-corrected chi connectivity index (χ1v) is 3.41. The molecule has 0 aliphatic heterocycles. The number of imidazole rings is 1. The van der Waals surface area contributed by atoms with Gasteiger partial charge in [-0.25, -0.2) is 9.13 Å². The summed E-state index contributed by atoms with van der Waals surface area (Å²) in [5.41, 5.74) is 0.696. The Balaban J connectivity index is 2.65. The Morgan fingerprint density at radius 1 is 1.73 bits per heavy atom. The first-order valence-electron chi connectivity index (χ1n) is 3.41. The molecular formula is C7H12N3O+. The lowest BCUT2D eigenvalue weighted by atomic mass is 10.4. The molecule has 0 aliphatic rings. The molecule has 0 saturated carbocycles. The summed E-state index contributed by atoms with van der Waals surface area (Å²) < 4.78 is 3.87. The Morgan fingerprint density at radius 3 is 2.91 bits per heavy atom. The lowest BCUT2D eigenvalue weighted by Gasteiger charge is -1.91. The van der Waals surface area contributed by atoms with Gasteiger partial charge >= 0.3 is 0 Å². The standard InChI is InChI=1S/C7H11N3O/c1-7(8-11)5-10-4-3-9(2)6-10/h3-4,6H,5H2,1-2H3/p+1. The summed E-state index contributed by atoms with van der Waals surface area (Å²) in [6.07, 6.45) is 5.79. The maximum atomic E-state index is 8.37. The van der Waals surface area contributed by atoms with E-state index in [0.717, 1.165) is 0 Å². The highest BCUT2D eigenvalue weighted by molar-refractivity contribution is 5.80. The Labute approximate surface area is 65.4 Å². The van der Waals surface area contributed by atoms with Crippen LogP contribution in [0.15, 0.2) is 23.9 Å². The molecule has 1 rings (SSSR count). The van der Waals surface area contributed by atoms with E-state index in [4.69, 9.17) is 5.21 Å². The second-order valence-corrected chi connectivity index (χ2v) is 2.59. The quantitative estimate of drug-likeness (QED) is 0.280. The van der Waals surface area contributed by atoms with E-state index in [2.05, 4.69) is 5.16 Å². The SMILES string of the molecule is CC(Cn1cc[n+](C)c1)=NO. The van der Waals surface area contributed by atoms with E-state index in [-0.39, 0.29) is 0 Å². The van der Waals surface area contributed by atoms with E-state index in [1.165, 1.54) is 0 Å². The molecule has 60 valence electrons. The molecule has 0 aromatic carbocycles. The number of oxime groups is 1. The van der Waals surface area contributed by atoms with Crippen molar-refractivity contribution in [2.75, 3.05) is 0 Å². The van der Waals surface area contributed by atoms with Crippen molar-refractivity contribution in [2.24, 2.45) is 12.2 Å². The fourth-order valence-electron chi connectivity index (χ4n) is 0.891. The first kappa shape index (κ1) is 7.78. The van der Waals surface area contributed by atoms with Crippen LogP contribution in [0.4, 0.5) is 0 Å². The molecule has 0 saturated heterocycles. The van der Waals surface area contributed by atoms with Crippen LogP contribution >= 0.6 is 0 Å². The summed E-state index contributed by atoms with van der Waals surface area (Å²) in [7, 11) is 1.95. The minimum atomic E-state index is 0.636. The summed E-state index contributed by atoms with van der Waals surface area (Å²) >= 11 is 0. The summed E-state index contributed by atoms with van der Waals surface area (Å²) in [6.45, 7) is 2.41. The predicted octanol–water partition coefficient (Wildman–Crippen LogP) is 0.163. The van der Waals surface area contributed by atoms with Gasteiger partial charge in [0.25, 0.3) is 0 Å². The van der Waals surface area contributed by atoms with Gasteiger partial charge in [0, 0.05) is 0 Å². The van der Waals surface area contributed by atoms with Crippen molar-refractivity contribution in [1.29, 1.82) is 0 Å². The van der Waals surface area contributed by atoms with E-state index in [1.54, 1.807) is 6.92 Å². The van der Waals surface area contributed by atoms with Gasteiger partial charge in [-0.3, -0.25) is 0 Å². The van der Waals surface area contributed by atoms with Gasteiger partial charge in [0.2, 0.25) is 6.33 Å². The largest absolute Gasteiger partial charge is 0.411 e. The average molecular weight is 154 g/mol. The average Bonchev–Trinajstić information content (AvgIpc) is 2.35.